The van der Waals surface area contributed by atoms with E-state index in [1.807, 2.05) is 0 Å². The summed E-state index contributed by atoms with van der Waals surface area (Å²) in [4.78, 5) is 59.2. The Morgan fingerprint density at radius 3 is 1.63 bits per heavy atom. The quantitative estimate of drug-likeness (QED) is 0.0649. The maximum atomic E-state index is 12.5. The second kappa shape index (κ2) is 16.6. The first-order chi connectivity index (χ1) is 20.8. The zero-order chi connectivity index (χ0) is 31.0. The fourth-order valence-electron chi connectivity index (χ4n) is 3.26. The Kier molecular flexibility index (Phi) is 12.3. The predicted octanol–water partition coefficient (Wildman–Crippen LogP) is 5.72. The van der Waals surface area contributed by atoms with Crippen molar-refractivity contribution in [1.29, 1.82) is 0 Å². The molecule has 224 valence electrons. The van der Waals surface area contributed by atoms with Gasteiger partial charge in [0.1, 0.15) is 17.2 Å². The van der Waals surface area contributed by atoms with Gasteiger partial charge in [0.25, 0.3) is 0 Å². The molecule has 0 fully saturated rings. The minimum absolute atomic E-state index is 0.0796. The van der Waals surface area contributed by atoms with Gasteiger partial charge in [0.05, 0.1) is 30.9 Å². The SMILES string of the molecule is C=CC(=O)OCCCCOC(=O)Oc1ccc(C(=O)Oc2ccc(OC(=O)c3ccc(NC(=O)OCC)cc3)cc2)cc1. The number of carbonyl (C=O) groups excluding carboxylic acids is 5. The van der Waals surface area contributed by atoms with Crippen LogP contribution in [0.4, 0.5) is 15.3 Å². The number of ether oxygens (including phenoxy) is 6. The Hall–Kier alpha value is -5.65. The lowest BCUT2D eigenvalue weighted by Gasteiger charge is -2.09. The van der Waals surface area contributed by atoms with Gasteiger partial charge in [0, 0.05) is 11.8 Å². The lowest BCUT2D eigenvalue weighted by molar-refractivity contribution is -0.137. The van der Waals surface area contributed by atoms with Gasteiger partial charge in [-0.2, -0.15) is 0 Å². The second-order valence-electron chi connectivity index (χ2n) is 8.48. The summed E-state index contributed by atoms with van der Waals surface area (Å²) in [6.45, 7) is 5.48. The molecule has 0 radical (unpaired) electrons. The van der Waals surface area contributed by atoms with Crippen molar-refractivity contribution in [1.82, 2.24) is 0 Å². The first-order valence-electron chi connectivity index (χ1n) is 13.1. The van der Waals surface area contributed by atoms with Crippen LogP contribution in [-0.4, -0.2) is 50.0 Å². The van der Waals surface area contributed by atoms with Crippen molar-refractivity contribution >= 4 is 35.8 Å². The Balaban J connectivity index is 1.42. The molecule has 0 saturated heterocycles. The monoisotopic (exact) mass is 591 g/mol. The molecule has 12 nitrogen and oxygen atoms in total. The summed E-state index contributed by atoms with van der Waals surface area (Å²) in [5.74, 6) is -1.20. The normalized spacial score (nSPS) is 10.1. The number of nitrogens with one attached hydrogen (secondary N) is 1. The van der Waals surface area contributed by atoms with Crippen molar-refractivity contribution in [3.8, 4) is 17.2 Å². The fourth-order valence-corrected chi connectivity index (χ4v) is 3.26. The summed E-state index contributed by atoms with van der Waals surface area (Å²) in [7, 11) is 0. The zero-order valence-corrected chi connectivity index (χ0v) is 23.2. The summed E-state index contributed by atoms with van der Waals surface area (Å²) in [6.07, 6.45) is 0.529. The highest BCUT2D eigenvalue weighted by Gasteiger charge is 2.13. The Morgan fingerprint density at radius 1 is 0.651 bits per heavy atom. The number of anilines is 1. The van der Waals surface area contributed by atoms with Crippen molar-refractivity contribution in [3.05, 3.63) is 96.6 Å². The van der Waals surface area contributed by atoms with E-state index in [2.05, 4.69) is 11.9 Å². The van der Waals surface area contributed by atoms with E-state index < -0.39 is 30.2 Å². The second-order valence-corrected chi connectivity index (χ2v) is 8.48. The van der Waals surface area contributed by atoms with Gasteiger partial charge >= 0.3 is 30.2 Å². The number of carbonyl (C=O) groups is 5. The van der Waals surface area contributed by atoms with Crippen LogP contribution in [0.3, 0.4) is 0 Å². The van der Waals surface area contributed by atoms with Crippen LogP contribution >= 0.6 is 0 Å². The van der Waals surface area contributed by atoms with E-state index in [1.165, 1.54) is 72.8 Å². The minimum atomic E-state index is -0.915. The van der Waals surface area contributed by atoms with Gasteiger partial charge in [-0.1, -0.05) is 6.58 Å². The van der Waals surface area contributed by atoms with Crippen molar-refractivity contribution in [2.75, 3.05) is 25.1 Å². The van der Waals surface area contributed by atoms with Crippen LogP contribution in [0.25, 0.3) is 0 Å². The highest BCUT2D eigenvalue weighted by molar-refractivity contribution is 5.93. The van der Waals surface area contributed by atoms with Crippen LogP contribution in [0.5, 0.6) is 17.2 Å². The molecule has 0 aliphatic rings. The molecule has 0 unspecified atom stereocenters. The van der Waals surface area contributed by atoms with Gasteiger partial charge < -0.3 is 28.4 Å². The lowest BCUT2D eigenvalue weighted by Crippen LogP contribution is -2.13. The van der Waals surface area contributed by atoms with Crippen LogP contribution in [0.2, 0.25) is 0 Å². The van der Waals surface area contributed by atoms with Crippen molar-refractivity contribution in [3.63, 3.8) is 0 Å². The molecule has 0 aliphatic carbocycles. The maximum absolute atomic E-state index is 12.5. The van der Waals surface area contributed by atoms with Crippen molar-refractivity contribution in [2.24, 2.45) is 0 Å². The van der Waals surface area contributed by atoms with Crippen LogP contribution in [0.1, 0.15) is 40.5 Å². The molecule has 3 aromatic carbocycles. The van der Waals surface area contributed by atoms with Gasteiger partial charge in [-0.15, -0.1) is 0 Å². The standard InChI is InChI=1S/C31H29NO11/c1-3-27(33)39-19-5-6-20-40-31(37)43-26-13-9-22(10-14-26)29(35)42-25-17-15-24(16-18-25)41-28(34)21-7-11-23(12-8-21)32-30(36)38-4-2/h3,7-18H,1,4-6,19-20H2,2H3,(H,32,36). The molecular weight excluding hydrogens is 562 g/mol. The van der Waals surface area contributed by atoms with Crippen LogP contribution in [-0.2, 0) is 19.0 Å². The third-order valence-electron chi connectivity index (χ3n) is 5.35. The third-order valence-corrected chi connectivity index (χ3v) is 5.35. The summed E-state index contributed by atoms with van der Waals surface area (Å²) in [5, 5.41) is 2.53. The van der Waals surface area contributed by atoms with E-state index in [-0.39, 0.29) is 48.2 Å². The summed E-state index contributed by atoms with van der Waals surface area (Å²) in [6, 6.07) is 17.6. The van der Waals surface area contributed by atoms with E-state index in [1.54, 1.807) is 6.92 Å². The molecule has 0 bridgehead atoms. The van der Waals surface area contributed by atoms with Gasteiger partial charge in [-0.05, 0) is 92.6 Å². The molecule has 3 rings (SSSR count). The predicted molar refractivity (Wildman–Crippen MR) is 152 cm³/mol. The molecule has 0 heterocycles. The van der Waals surface area contributed by atoms with Gasteiger partial charge in [-0.3, -0.25) is 5.32 Å². The lowest BCUT2D eigenvalue weighted by atomic mass is 10.2. The molecule has 1 amide bonds. The first kappa shape index (κ1) is 31.9. The summed E-state index contributed by atoms with van der Waals surface area (Å²) < 4.78 is 30.3. The Labute approximate surface area is 247 Å². The molecular formula is C31H29NO11. The van der Waals surface area contributed by atoms with E-state index in [0.717, 1.165) is 6.08 Å². The van der Waals surface area contributed by atoms with E-state index >= 15 is 0 Å². The maximum Gasteiger partial charge on any atom is 0.513 e. The number of esters is 3. The van der Waals surface area contributed by atoms with E-state index in [0.29, 0.717) is 18.5 Å². The van der Waals surface area contributed by atoms with Gasteiger partial charge in [0.15, 0.2) is 0 Å². The molecule has 43 heavy (non-hydrogen) atoms. The topological polar surface area (TPSA) is 153 Å². The molecule has 0 atom stereocenters. The molecule has 12 heteroatoms. The van der Waals surface area contributed by atoms with Crippen molar-refractivity contribution in [2.45, 2.75) is 19.8 Å². The highest BCUT2D eigenvalue weighted by Crippen LogP contribution is 2.21. The number of amides is 1. The molecule has 3 aromatic rings. The number of benzene rings is 3. The number of hydrogen-bond donors (Lipinski definition) is 1. The number of rotatable bonds is 13. The summed E-state index contributed by atoms with van der Waals surface area (Å²) >= 11 is 0. The Bertz CT molecular complexity index is 1420. The third kappa shape index (κ3) is 11.0. The average Bonchev–Trinajstić information content (AvgIpc) is 3.00. The molecule has 0 spiro atoms. The number of unbranched alkanes of at least 4 members (excludes halogenated alkanes) is 1. The molecule has 0 aliphatic heterocycles. The largest absolute Gasteiger partial charge is 0.513 e. The van der Waals surface area contributed by atoms with Gasteiger partial charge in [0.2, 0.25) is 0 Å². The van der Waals surface area contributed by atoms with Crippen molar-refractivity contribution < 1.29 is 52.4 Å². The average molecular weight is 592 g/mol. The summed E-state index contributed by atoms with van der Waals surface area (Å²) in [5.41, 5.74) is 0.917. The molecule has 0 saturated carbocycles. The molecule has 0 aromatic heterocycles. The van der Waals surface area contributed by atoms with E-state index in [4.69, 9.17) is 28.4 Å². The molecule has 1 N–H and O–H groups in total. The van der Waals surface area contributed by atoms with Gasteiger partial charge in [-0.25, -0.2) is 24.0 Å². The highest BCUT2D eigenvalue weighted by atomic mass is 16.7. The number of hydrogen-bond acceptors (Lipinski definition) is 11. The van der Waals surface area contributed by atoms with Crippen LogP contribution in [0, 0.1) is 0 Å². The van der Waals surface area contributed by atoms with E-state index in [9.17, 15) is 24.0 Å². The minimum Gasteiger partial charge on any atom is -0.463 e. The van der Waals surface area contributed by atoms with Crippen LogP contribution in [0.15, 0.2) is 85.5 Å². The Morgan fingerprint density at radius 2 is 1.12 bits per heavy atom. The smallest absolute Gasteiger partial charge is 0.463 e. The fraction of sp³-hybridized carbons (Fsp3) is 0.194. The van der Waals surface area contributed by atoms with Crippen LogP contribution < -0.4 is 19.5 Å². The zero-order valence-electron chi connectivity index (χ0n) is 23.2. The first-order valence-corrected chi connectivity index (χ1v) is 13.1.